The zero-order chi connectivity index (χ0) is 49.6. The van der Waals surface area contributed by atoms with E-state index in [-0.39, 0.29) is 54.8 Å². The van der Waals surface area contributed by atoms with Crippen LogP contribution in [0.2, 0.25) is 0 Å². The number of methoxy groups -OCH3 is 3. The van der Waals surface area contributed by atoms with Crippen LogP contribution >= 0.6 is 0 Å². The number of carbonyl (C=O) groups excluding carboxylic acids is 5. The van der Waals surface area contributed by atoms with Crippen LogP contribution in [0.15, 0.2) is 47.6 Å². The molecule has 3 fully saturated rings. The van der Waals surface area contributed by atoms with Crippen LogP contribution in [-0.4, -0.2) is 121 Å². The first-order valence-corrected chi connectivity index (χ1v) is 25.3. The van der Waals surface area contributed by atoms with Gasteiger partial charge in [0.2, 0.25) is 5.79 Å². The van der Waals surface area contributed by atoms with Crippen molar-refractivity contribution in [2.24, 2.45) is 41.4 Å². The average Bonchev–Trinajstić information content (AvgIpc) is 3.30. The average molecular weight is 940 g/mol. The molecule has 4 rings (SSSR count). The Kier molecular flexibility index (Phi) is 22.3. The summed E-state index contributed by atoms with van der Waals surface area (Å²) >= 11 is 0. The second-order valence-electron chi connectivity index (χ2n) is 20.6. The number of ketones is 3. The number of fused-ring (bicyclic) bond motifs is 3. The Morgan fingerprint density at radius 3 is 2.27 bits per heavy atom. The van der Waals surface area contributed by atoms with E-state index in [0.717, 1.165) is 37.7 Å². The van der Waals surface area contributed by atoms with Crippen molar-refractivity contribution < 1.29 is 57.9 Å². The van der Waals surface area contributed by atoms with Gasteiger partial charge in [0.05, 0.1) is 18.3 Å². The van der Waals surface area contributed by atoms with E-state index in [9.17, 15) is 34.2 Å². The molecule has 15 atom stereocenters. The van der Waals surface area contributed by atoms with Crippen LogP contribution in [0.1, 0.15) is 145 Å². The Balaban J connectivity index is 1.70. The molecule has 4 aliphatic rings. The summed E-state index contributed by atoms with van der Waals surface area (Å²) in [6, 6.07) is -1.11. The number of piperidine rings is 1. The van der Waals surface area contributed by atoms with Gasteiger partial charge >= 0.3 is 5.97 Å². The molecule has 1 amide bonds. The lowest BCUT2D eigenvalue weighted by Crippen LogP contribution is -2.61. The van der Waals surface area contributed by atoms with Gasteiger partial charge in [-0.1, -0.05) is 84.4 Å². The summed E-state index contributed by atoms with van der Waals surface area (Å²) in [5, 5.41) is 23.5. The molecule has 378 valence electrons. The third kappa shape index (κ3) is 15.1. The minimum absolute atomic E-state index is 0.0298. The third-order valence-corrected chi connectivity index (χ3v) is 15.3. The van der Waals surface area contributed by atoms with Crippen molar-refractivity contribution in [3.8, 4) is 0 Å². The van der Waals surface area contributed by atoms with E-state index in [1.165, 1.54) is 12.0 Å². The maximum absolute atomic E-state index is 14.5. The molecule has 1 saturated carbocycles. The standard InChI is InChI=1S/C54H85NO12/c1-12-18-41-24-23-40(30-47(41)64-10)29-36(5)46-32-44(56)35(4)28-38(7)49(58)50(65-11)48(57)37(6)27-33(2)19-14-13-15-20-34(3)45(63-9)31-42-25-22-39(8)54(62,67-42)51(59)52(60)55-26-17-16-21-43(55)53(61)66-46/h13-15,19-20,28,33,35-37,39-43,45-47,49-50,58,62H,12,16-18,21-27,29-32H2,1-11H3/b15-13+,19-14+,34-20+,38-28+/t33-,35-,36-,37-,39-,40+,41-,42+,43?,45+,46+,47-,49-,50+,54-/m1/s1. The van der Waals surface area contributed by atoms with Crippen molar-refractivity contribution in [2.45, 2.75) is 194 Å². The van der Waals surface area contributed by atoms with Crippen LogP contribution in [0.5, 0.6) is 0 Å². The SMILES string of the molecule is CCC[C@@H]1CC[C@@H](C[C@@H](C)[C@@H]2CC(=O)[C@H](C)/C=C(\C)[C@@H](O)[C@@H](OC)C(=O)[C@H](C)C[C@H](C)/C=C/C=C/C=C(\C)[C@@H](OC)C[C@@H]3CC[C@@H](C)[C@@](O)(O3)C(=O)C(=O)N3CCCCC3C(=O)O2)C[C@H]1OC. The van der Waals surface area contributed by atoms with Gasteiger partial charge in [-0.05, 0) is 119 Å². The summed E-state index contributed by atoms with van der Waals surface area (Å²) in [6.07, 6.45) is 15.9. The Hall–Kier alpha value is -3.33. The van der Waals surface area contributed by atoms with E-state index in [1.807, 2.05) is 58.1 Å². The third-order valence-electron chi connectivity index (χ3n) is 15.3. The van der Waals surface area contributed by atoms with Crippen molar-refractivity contribution in [1.29, 1.82) is 0 Å². The monoisotopic (exact) mass is 940 g/mol. The Morgan fingerprint density at radius 2 is 1.60 bits per heavy atom. The number of cyclic esters (lactones) is 1. The molecule has 13 nitrogen and oxygen atoms in total. The van der Waals surface area contributed by atoms with Crippen LogP contribution in [0.25, 0.3) is 0 Å². The highest BCUT2D eigenvalue weighted by Crippen LogP contribution is 2.39. The van der Waals surface area contributed by atoms with Gasteiger partial charge in [-0.2, -0.15) is 0 Å². The van der Waals surface area contributed by atoms with Crippen molar-refractivity contribution >= 4 is 29.2 Å². The number of aliphatic hydroxyl groups is 2. The Labute approximate surface area is 401 Å². The maximum atomic E-state index is 14.5. The normalized spacial score (nSPS) is 39.6. The molecule has 2 bridgehead atoms. The molecule has 3 aliphatic heterocycles. The van der Waals surface area contributed by atoms with Gasteiger partial charge < -0.3 is 38.8 Å². The topological polar surface area (TPSA) is 175 Å². The number of hydrogen-bond donors (Lipinski definition) is 2. The number of Topliss-reactive ketones (excluding diaryl/α,β-unsaturated/α-hetero) is 3. The van der Waals surface area contributed by atoms with Crippen LogP contribution in [0.4, 0.5) is 0 Å². The van der Waals surface area contributed by atoms with Crippen LogP contribution < -0.4 is 0 Å². The van der Waals surface area contributed by atoms with E-state index >= 15 is 0 Å². The number of allylic oxidation sites excluding steroid dienone is 6. The molecule has 2 N–H and O–H groups in total. The fraction of sp³-hybridized carbons (Fsp3) is 0.759. The van der Waals surface area contributed by atoms with Gasteiger partial charge in [0, 0.05) is 58.5 Å². The predicted octanol–water partition coefficient (Wildman–Crippen LogP) is 8.24. The summed E-state index contributed by atoms with van der Waals surface area (Å²) in [4.78, 5) is 72.2. The first-order valence-electron chi connectivity index (χ1n) is 25.3. The van der Waals surface area contributed by atoms with E-state index in [0.29, 0.717) is 56.4 Å². The Bertz CT molecular complexity index is 1790. The fourth-order valence-electron chi connectivity index (χ4n) is 10.9. The lowest BCUT2D eigenvalue weighted by atomic mass is 9.74. The van der Waals surface area contributed by atoms with Crippen LogP contribution in [0, 0.1) is 41.4 Å². The number of nitrogens with zero attached hydrogens (tertiary/aromatic N) is 1. The summed E-state index contributed by atoms with van der Waals surface area (Å²) in [7, 11) is 4.74. The molecule has 0 aromatic heterocycles. The van der Waals surface area contributed by atoms with Gasteiger partial charge in [-0.3, -0.25) is 19.2 Å². The van der Waals surface area contributed by atoms with E-state index in [1.54, 1.807) is 41.1 Å². The zero-order valence-corrected chi connectivity index (χ0v) is 42.6. The van der Waals surface area contributed by atoms with E-state index in [4.69, 9.17) is 23.7 Å². The number of esters is 1. The number of aliphatic hydroxyl groups excluding tert-OH is 1. The second-order valence-corrected chi connectivity index (χ2v) is 20.6. The molecule has 0 aromatic carbocycles. The van der Waals surface area contributed by atoms with E-state index < -0.39 is 77.8 Å². The molecular formula is C54H85NO12. The highest BCUT2D eigenvalue weighted by atomic mass is 16.6. The molecule has 13 heteroatoms. The first kappa shape index (κ1) is 56.3. The quantitative estimate of drug-likeness (QED) is 0.136. The second kappa shape index (κ2) is 26.6. The minimum Gasteiger partial charge on any atom is -0.460 e. The summed E-state index contributed by atoms with van der Waals surface area (Å²) < 4.78 is 29.9. The van der Waals surface area contributed by atoms with Gasteiger partial charge in [-0.15, -0.1) is 0 Å². The first-order chi connectivity index (χ1) is 31.8. The van der Waals surface area contributed by atoms with Crippen molar-refractivity contribution in [3.05, 3.63) is 47.6 Å². The molecule has 0 aromatic rings. The predicted molar refractivity (Wildman–Crippen MR) is 258 cm³/mol. The van der Waals surface area contributed by atoms with Gasteiger partial charge in [-0.25, -0.2) is 4.79 Å². The van der Waals surface area contributed by atoms with Gasteiger partial charge in [0.25, 0.3) is 11.7 Å². The van der Waals surface area contributed by atoms with Crippen molar-refractivity contribution in [3.63, 3.8) is 0 Å². The summed E-state index contributed by atoms with van der Waals surface area (Å²) in [5.41, 5.74) is 1.30. The van der Waals surface area contributed by atoms with Gasteiger partial charge in [0.1, 0.15) is 30.1 Å². The molecule has 1 unspecified atom stereocenters. The molecule has 0 radical (unpaired) electrons. The smallest absolute Gasteiger partial charge is 0.329 e. The lowest BCUT2D eigenvalue weighted by molar-refractivity contribution is -0.265. The van der Waals surface area contributed by atoms with Crippen molar-refractivity contribution in [1.82, 2.24) is 4.90 Å². The summed E-state index contributed by atoms with van der Waals surface area (Å²) in [5.74, 6) is -7.00. The fourth-order valence-corrected chi connectivity index (χ4v) is 10.9. The molecular weight excluding hydrogens is 855 g/mol. The maximum Gasteiger partial charge on any atom is 0.329 e. The lowest BCUT2D eigenvalue weighted by Gasteiger charge is -2.42. The summed E-state index contributed by atoms with van der Waals surface area (Å²) in [6.45, 7) is 15.1. The van der Waals surface area contributed by atoms with Crippen LogP contribution in [0.3, 0.4) is 0 Å². The van der Waals surface area contributed by atoms with Gasteiger partial charge in [0.15, 0.2) is 5.78 Å². The largest absolute Gasteiger partial charge is 0.460 e. The number of hydrogen-bond acceptors (Lipinski definition) is 12. The minimum atomic E-state index is -2.41. The number of rotatable bonds is 8. The number of amides is 1. The molecule has 0 spiro atoms. The highest BCUT2D eigenvalue weighted by Gasteiger charge is 2.53. The Morgan fingerprint density at radius 1 is 0.866 bits per heavy atom. The van der Waals surface area contributed by atoms with E-state index in [2.05, 4.69) is 6.92 Å². The molecule has 1 aliphatic carbocycles. The highest BCUT2D eigenvalue weighted by molar-refractivity contribution is 6.39. The molecule has 2 saturated heterocycles. The molecule has 67 heavy (non-hydrogen) atoms. The number of carbonyl (C=O) groups is 5. The number of ether oxygens (including phenoxy) is 5. The van der Waals surface area contributed by atoms with Crippen molar-refractivity contribution in [2.75, 3.05) is 27.9 Å². The zero-order valence-electron chi connectivity index (χ0n) is 42.6. The van der Waals surface area contributed by atoms with Crippen LogP contribution in [-0.2, 0) is 47.7 Å². The molecule has 3 heterocycles.